The highest BCUT2D eigenvalue weighted by Gasteiger charge is 2.42. The molecular formula is C15H17BrO3. The lowest BCUT2D eigenvalue weighted by Gasteiger charge is -2.36. The Morgan fingerprint density at radius 1 is 1.26 bits per heavy atom. The number of benzene rings is 1. The molecule has 2 aliphatic rings. The Morgan fingerprint density at radius 3 is 2.74 bits per heavy atom. The molecule has 102 valence electrons. The number of carbonyl (C=O) groups excluding carboxylic acids is 1. The van der Waals surface area contributed by atoms with Crippen LogP contribution in [0.3, 0.4) is 0 Å². The number of hydrogen-bond donors (Lipinski definition) is 0. The van der Waals surface area contributed by atoms with Crippen LogP contribution in [0.25, 0.3) is 0 Å². The van der Waals surface area contributed by atoms with E-state index in [4.69, 9.17) is 9.47 Å². The fourth-order valence-electron chi connectivity index (χ4n) is 2.96. The van der Waals surface area contributed by atoms with Gasteiger partial charge in [-0.25, -0.2) is 0 Å². The Balaban J connectivity index is 1.74. The molecule has 0 amide bonds. The number of ether oxygens (including phenoxy) is 2. The highest BCUT2D eigenvalue weighted by Crippen LogP contribution is 2.37. The average Bonchev–Trinajstić information content (AvgIpc) is 2.87. The number of hydrogen-bond acceptors (Lipinski definition) is 3. The molecule has 3 nitrogen and oxygen atoms in total. The molecule has 1 aromatic carbocycles. The number of ketones is 1. The van der Waals surface area contributed by atoms with E-state index in [9.17, 15) is 4.79 Å². The molecular weight excluding hydrogens is 308 g/mol. The Labute approximate surface area is 121 Å². The molecule has 0 aliphatic carbocycles. The topological polar surface area (TPSA) is 35.5 Å². The minimum atomic E-state index is -0.200. The second-order valence-corrected chi connectivity index (χ2v) is 6.31. The van der Waals surface area contributed by atoms with Crippen LogP contribution in [-0.2, 0) is 9.47 Å². The smallest absolute Gasteiger partial charge is 0.166 e. The van der Waals surface area contributed by atoms with E-state index in [-0.39, 0.29) is 17.3 Å². The first-order valence-electron chi connectivity index (χ1n) is 6.70. The van der Waals surface area contributed by atoms with Crippen LogP contribution in [0.5, 0.6) is 0 Å². The van der Waals surface area contributed by atoms with Crippen molar-refractivity contribution in [3.63, 3.8) is 0 Å². The second-order valence-electron chi connectivity index (χ2n) is 5.39. The van der Waals surface area contributed by atoms with Crippen molar-refractivity contribution in [1.82, 2.24) is 0 Å². The molecule has 3 rings (SSSR count). The van der Waals surface area contributed by atoms with E-state index >= 15 is 0 Å². The van der Waals surface area contributed by atoms with Crippen molar-refractivity contribution in [1.29, 1.82) is 0 Å². The van der Waals surface area contributed by atoms with Crippen LogP contribution in [0.2, 0.25) is 0 Å². The van der Waals surface area contributed by atoms with Gasteiger partial charge in [-0.1, -0.05) is 28.1 Å². The van der Waals surface area contributed by atoms with Gasteiger partial charge < -0.3 is 9.47 Å². The van der Waals surface area contributed by atoms with E-state index in [0.29, 0.717) is 13.2 Å². The highest BCUT2D eigenvalue weighted by molar-refractivity contribution is 9.10. The maximum absolute atomic E-state index is 12.5. The van der Waals surface area contributed by atoms with Crippen molar-refractivity contribution in [3.8, 4) is 0 Å². The summed E-state index contributed by atoms with van der Waals surface area (Å²) in [6.45, 7) is 2.05. The molecule has 2 saturated heterocycles. The zero-order chi connectivity index (χ0) is 13.3. The minimum Gasteiger partial charge on any atom is -0.378 e. The summed E-state index contributed by atoms with van der Waals surface area (Å²) in [4.78, 5) is 12.5. The lowest BCUT2D eigenvalue weighted by atomic mass is 9.81. The fourth-order valence-corrected chi connectivity index (χ4v) is 3.23. The number of carbonyl (C=O) groups is 1. The van der Waals surface area contributed by atoms with Gasteiger partial charge in [0.25, 0.3) is 0 Å². The predicted molar refractivity (Wildman–Crippen MR) is 75.3 cm³/mol. The van der Waals surface area contributed by atoms with Gasteiger partial charge in [0.05, 0.1) is 12.2 Å². The number of rotatable bonds is 2. The van der Waals surface area contributed by atoms with Crippen LogP contribution in [0, 0.1) is 5.92 Å². The summed E-state index contributed by atoms with van der Waals surface area (Å²) in [6.07, 6.45) is 2.52. The Hall–Kier alpha value is -0.710. The van der Waals surface area contributed by atoms with Crippen molar-refractivity contribution < 1.29 is 14.3 Å². The zero-order valence-corrected chi connectivity index (χ0v) is 12.3. The minimum absolute atomic E-state index is 0.0663. The van der Waals surface area contributed by atoms with Crippen LogP contribution >= 0.6 is 15.9 Å². The maximum atomic E-state index is 12.5. The zero-order valence-electron chi connectivity index (χ0n) is 10.7. The predicted octanol–water partition coefficient (Wildman–Crippen LogP) is 3.22. The molecule has 2 fully saturated rings. The third kappa shape index (κ3) is 2.76. The largest absolute Gasteiger partial charge is 0.378 e. The molecule has 1 spiro atoms. The molecule has 0 saturated carbocycles. The van der Waals surface area contributed by atoms with Crippen molar-refractivity contribution in [2.24, 2.45) is 5.92 Å². The summed E-state index contributed by atoms with van der Waals surface area (Å²) in [5, 5.41) is 0. The first-order valence-corrected chi connectivity index (χ1v) is 7.49. The lowest BCUT2D eigenvalue weighted by molar-refractivity contribution is -0.0920. The first-order chi connectivity index (χ1) is 9.19. The van der Waals surface area contributed by atoms with E-state index in [1.54, 1.807) is 0 Å². The van der Waals surface area contributed by atoms with E-state index in [1.165, 1.54) is 0 Å². The normalized spacial score (nSPS) is 30.7. The summed E-state index contributed by atoms with van der Waals surface area (Å²) < 4.78 is 12.3. The van der Waals surface area contributed by atoms with Gasteiger partial charge in [-0.3, -0.25) is 4.79 Å². The van der Waals surface area contributed by atoms with Crippen molar-refractivity contribution >= 4 is 21.7 Å². The molecule has 2 aliphatic heterocycles. The van der Waals surface area contributed by atoms with E-state index < -0.39 is 0 Å². The SMILES string of the molecule is O=C(c1ccc(Br)cc1)C1CCOC2(CCOC2)C1. The molecule has 2 unspecified atom stereocenters. The third-order valence-corrected chi connectivity index (χ3v) is 4.59. The molecule has 0 aromatic heterocycles. The van der Waals surface area contributed by atoms with Gasteiger partial charge in [-0.2, -0.15) is 0 Å². The summed E-state index contributed by atoms with van der Waals surface area (Å²) >= 11 is 3.39. The highest BCUT2D eigenvalue weighted by atomic mass is 79.9. The van der Waals surface area contributed by atoms with Crippen LogP contribution in [0.1, 0.15) is 29.6 Å². The quantitative estimate of drug-likeness (QED) is 0.783. The second kappa shape index (κ2) is 5.35. The summed E-state index contributed by atoms with van der Waals surface area (Å²) in [5.74, 6) is 0.304. The molecule has 2 heterocycles. The third-order valence-electron chi connectivity index (χ3n) is 4.06. The van der Waals surface area contributed by atoms with Crippen molar-refractivity contribution in [3.05, 3.63) is 34.3 Å². The standard InChI is InChI=1S/C15H17BrO3/c16-13-3-1-11(2-4-13)14(17)12-5-7-19-15(9-12)6-8-18-10-15/h1-4,12H,5-10H2. The molecule has 2 atom stereocenters. The van der Waals surface area contributed by atoms with Crippen LogP contribution in [0.4, 0.5) is 0 Å². The number of halogens is 1. The van der Waals surface area contributed by atoms with Gasteiger partial charge >= 0.3 is 0 Å². The van der Waals surface area contributed by atoms with Crippen LogP contribution < -0.4 is 0 Å². The fraction of sp³-hybridized carbons (Fsp3) is 0.533. The van der Waals surface area contributed by atoms with Gasteiger partial charge in [-0.05, 0) is 25.0 Å². The monoisotopic (exact) mass is 324 g/mol. The van der Waals surface area contributed by atoms with E-state index in [1.807, 2.05) is 24.3 Å². The molecule has 0 N–H and O–H groups in total. The molecule has 0 bridgehead atoms. The molecule has 4 heteroatoms. The molecule has 0 radical (unpaired) electrons. The van der Waals surface area contributed by atoms with E-state index in [2.05, 4.69) is 15.9 Å². The van der Waals surface area contributed by atoms with E-state index in [0.717, 1.165) is 35.9 Å². The average molecular weight is 325 g/mol. The van der Waals surface area contributed by atoms with Crippen molar-refractivity contribution in [2.45, 2.75) is 24.9 Å². The van der Waals surface area contributed by atoms with Crippen LogP contribution in [-0.4, -0.2) is 31.2 Å². The van der Waals surface area contributed by atoms with Crippen LogP contribution in [0.15, 0.2) is 28.7 Å². The van der Waals surface area contributed by atoms with Crippen molar-refractivity contribution in [2.75, 3.05) is 19.8 Å². The van der Waals surface area contributed by atoms with Gasteiger partial charge in [0.15, 0.2) is 5.78 Å². The van der Waals surface area contributed by atoms with Gasteiger partial charge in [0.1, 0.15) is 0 Å². The Bertz CT molecular complexity index is 463. The Morgan fingerprint density at radius 2 is 2.05 bits per heavy atom. The Kier molecular flexibility index (Phi) is 3.74. The molecule has 1 aromatic rings. The lowest BCUT2D eigenvalue weighted by Crippen LogP contribution is -2.42. The maximum Gasteiger partial charge on any atom is 0.166 e. The summed E-state index contributed by atoms with van der Waals surface area (Å²) in [6, 6.07) is 7.61. The summed E-state index contributed by atoms with van der Waals surface area (Å²) in [7, 11) is 0. The van der Waals surface area contributed by atoms with Gasteiger partial charge in [0, 0.05) is 35.6 Å². The van der Waals surface area contributed by atoms with Gasteiger partial charge in [-0.15, -0.1) is 0 Å². The summed E-state index contributed by atoms with van der Waals surface area (Å²) in [5.41, 5.74) is 0.595. The molecule has 19 heavy (non-hydrogen) atoms. The first kappa shape index (κ1) is 13.3. The van der Waals surface area contributed by atoms with Gasteiger partial charge in [0.2, 0.25) is 0 Å². The number of Topliss-reactive ketones (excluding diaryl/α,β-unsaturated/α-hetero) is 1.